The van der Waals surface area contributed by atoms with Gasteiger partial charge in [-0.05, 0) is 45.6 Å². The van der Waals surface area contributed by atoms with Gasteiger partial charge >= 0.3 is 0 Å². The normalized spacial score (nSPS) is 15.8. The zero-order valence-corrected chi connectivity index (χ0v) is 39.1. The number of nitrogens with one attached hydrogen (secondary N) is 9. The van der Waals surface area contributed by atoms with Crippen molar-refractivity contribution in [3.05, 3.63) is 0 Å². The van der Waals surface area contributed by atoms with E-state index < -0.39 is 92.6 Å². The molecule has 0 saturated heterocycles. The first-order valence-electron chi connectivity index (χ1n) is 23.8. The Balaban J connectivity index is 5.44. The van der Waals surface area contributed by atoms with Gasteiger partial charge in [0.2, 0.25) is 23.6 Å². The highest BCUT2D eigenvalue weighted by Gasteiger charge is 2.33. The minimum Gasteiger partial charge on any atom is -0.395 e. The highest BCUT2D eigenvalue weighted by atomic mass is 16.3. The lowest BCUT2D eigenvalue weighted by Gasteiger charge is -2.35. The average Bonchev–Trinajstić information content (AvgIpc) is 3.26. The molecule has 9 atom stereocenters. The maximum absolute atomic E-state index is 13.3. The topological polar surface area (TPSA) is 362 Å². The molecular weight excluding hydrogens is 831 g/mol. The number of aliphatic hydroxyl groups is 6. The van der Waals surface area contributed by atoms with Gasteiger partial charge in [0.05, 0.1) is 31.8 Å². The third kappa shape index (κ3) is 30.8. The second kappa shape index (κ2) is 39.0. The lowest BCUT2D eigenvalue weighted by molar-refractivity contribution is -0.131. The van der Waals surface area contributed by atoms with Crippen LogP contribution in [0, 0.1) is 5.41 Å². The molecule has 19 N–H and O–H groups in total. The molecule has 376 valence electrons. The van der Waals surface area contributed by atoms with Gasteiger partial charge in [-0.2, -0.15) is 0 Å². The molecule has 0 fully saturated rings. The molecule has 21 nitrogen and oxygen atoms in total. The lowest BCUT2D eigenvalue weighted by atomic mass is 10.0. The fraction of sp³-hybridized carbons (Fsp3) is 0.884. The molecule has 0 aromatic rings. The number of guanidine groups is 1. The summed E-state index contributed by atoms with van der Waals surface area (Å²) in [6.45, 7) is 2.62. The van der Waals surface area contributed by atoms with Crippen molar-refractivity contribution in [2.24, 2.45) is 11.5 Å². The zero-order valence-electron chi connectivity index (χ0n) is 39.1. The van der Waals surface area contributed by atoms with Crippen LogP contribution in [0.25, 0.3) is 0 Å². The summed E-state index contributed by atoms with van der Waals surface area (Å²) in [5.41, 5.74) is 10.8. The molecule has 0 bridgehead atoms. The number of unbranched alkanes of at least 4 members (excludes halogenated alkanes) is 14. The fourth-order valence-electron chi connectivity index (χ4n) is 7.15. The number of amides is 4. The predicted octanol–water partition coefficient (Wildman–Crippen LogP) is -0.985. The number of aliphatic hydroxyl groups excluding tert-OH is 6. The van der Waals surface area contributed by atoms with Gasteiger partial charge < -0.3 is 63.4 Å². The minimum atomic E-state index is -1.65. The van der Waals surface area contributed by atoms with Crippen LogP contribution < -0.4 is 54.0 Å². The van der Waals surface area contributed by atoms with Crippen molar-refractivity contribution < 1.29 is 49.8 Å². The van der Waals surface area contributed by atoms with Crippen LogP contribution in [-0.4, -0.2) is 149 Å². The minimum absolute atomic E-state index is 0.168. The Hall–Kier alpha value is -3.25. The molecule has 0 heterocycles. The highest BCUT2D eigenvalue weighted by molar-refractivity contribution is 5.90. The zero-order chi connectivity index (χ0) is 48.1. The summed E-state index contributed by atoms with van der Waals surface area (Å²) in [7, 11) is 1.55. The molecule has 0 aromatic heterocycles. The van der Waals surface area contributed by atoms with E-state index in [0.717, 1.165) is 32.1 Å². The van der Waals surface area contributed by atoms with Crippen molar-refractivity contribution >= 4 is 29.6 Å². The van der Waals surface area contributed by atoms with E-state index in [2.05, 4.69) is 49.5 Å². The first-order valence-corrected chi connectivity index (χ1v) is 23.8. The Morgan fingerprint density at radius 1 is 0.531 bits per heavy atom. The molecule has 0 unspecified atom stereocenters. The summed E-state index contributed by atoms with van der Waals surface area (Å²) in [5.74, 6) is -2.93. The van der Waals surface area contributed by atoms with Crippen molar-refractivity contribution in [2.45, 2.75) is 210 Å². The number of rotatable bonds is 43. The smallest absolute Gasteiger partial charge is 0.245 e. The van der Waals surface area contributed by atoms with Crippen LogP contribution >= 0.6 is 0 Å². The van der Waals surface area contributed by atoms with Crippen LogP contribution in [-0.2, 0) is 19.2 Å². The van der Waals surface area contributed by atoms with Crippen LogP contribution in [0.5, 0.6) is 0 Å². The van der Waals surface area contributed by atoms with Gasteiger partial charge in [-0.3, -0.25) is 45.9 Å². The van der Waals surface area contributed by atoms with E-state index in [1.807, 2.05) is 6.92 Å². The van der Waals surface area contributed by atoms with E-state index in [9.17, 15) is 49.8 Å². The lowest BCUT2D eigenvalue weighted by Crippen LogP contribution is -2.63. The van der Waals surface area contributed by atoms with Crippen molar-refractivity contribution in [1.82, 2.24) is 42.5 Å². The summed E-state index contributed by atoms with van der Waals surface area (Å²) in [6.07, 6.45) is 12.5. The summed E-state index contributed by atoms with van der Waals surface area (Å²) in [6, 6.07) is -5.52. The fourth-order valence-corrected chi connectivity index (χ4v) is 7.15. The van der Waals surface area contributed by atoms with Gasteiger partial charge in [0.1, 0.15) is 31.0 Å². The molecule has 0 aliphatic carbocycles. The first-order chi connectivity index (χ1) is 30.6. The largest absolute Gasteiger partial charge is 0.395 e. The van der Waals surface area contributed by atoms with Crippen LogP contribution in [0.2, 0.25) is 0 Å². The molecular formula is C43H89N11O10. The summed E-state index contributed by atoms with van der Waals surface area (Å²) >= 11 is 0. The molecule has 0 aliphatic heterocycles. The maximum Gasteiger partial charge on any atom is 0.245 e. The molecule has 21 heteroatoms. The maximum atomic E-state index is 13.3. The van der Waals surface area contributed by atoms with E-state index in [0.29, 0.717) is 32.2 Å². The third-order valence-corrected chi connectivity index (χ3v) is 11.1. The van der Waals surface area contributed by atoms with Crippen LogP contribution in [0.1, 0.15) is 155 Å². The number of likely N-dealkylation sites (N-methyl/N-ethyl adjacent to an activating group) is 1. The molecule has 0 aliphatic rings. The van der Waals surface area contributed by atoms with E-state index in [1.165, 1.54) is 57.8 Å². The summed E-state index contributed by atoms with van der Waals surface area (Å²) in [5, 5.41) is 93.1. The van der Waals surface area contributed by atoms with E-state index in [1.54, 1.807) is 7.05 Å². The molecule has 0 radical (unpaired) electrons. The number of hydrogen-bond acceptors (Lipinski definition) is 15. The summed E-state index contributed by atoms with van der Waals surface area (Å²) in [4.78, 5) is 50.2. The molecule has 0 aromatic carbocycles. The Kier molecular flexibility index (Phi) is 37.0. The van der Waals surface area contributed by atoms with Gasteiger partial charge in [-0.25, -0.2) is 0 Å². The summed E-state index contributed by atoms with van der Waals surface area (Å²) < 4.78 is 0. The van der Waals surface area contributed by atoms with Gasteiger partial charge in [0.15, 0.2) is 5.96 Å². The monoisotopic (exact) mass is 920 g/mol. The molecule has 4 amide bonds. The van der Waals surface area contributed by atoms with Crippen molar-refractivity contribution in [1.29, 1.82) is 5.41 Å². The van der Waals surface area contributed by atoms with Crippen molar-refractivity contribution in [3.8, 4) is 0 Å². The second-order valence-corrected chi connectivity index (χ2v) is 16.7. The van der Waals surface area contributed by atoms with Gasteiger partial charge in [0.25, 0.3) is 0 Å². The van der Waals surface area contributed by atoms with E-state index in [-0.39, 0.29) is 37.6 Å². The SMILES string of the molecule is CCCCCCCCCCCCCCCC(=O)NCC(=O)N[C@@H](CO)C(=O)N[C@@H](CCC(N)=O)[C@H](O)N[C@@H](CCCCNC(=N)N)[C@H](O)N[C@@H](CO)[C@H](O)N[C@@H](CCCC)[C@H](O)NC. The van der Waals surface area contributed by atoms with Gasteiger partial charge in [-0.1, -0.05) is 104 Å². The predicted molar refractivity (Wildman–Crippen MR) is 247 cm³/mol. The third-order valence-electron chi connectivity index (χ3n) is 11.1. The quantitative estimate of drug-likeness (QED) is 0.0151. The van der Waals surface area contributed by atoms with Gasteiger partial charge in [-0.15, -0.1) is 0 Å². The van der Waals surface area contributed by atoms with E-state index >= 15 is 0 Å². The number of nitrogens with two attached hydrogens (primary N) is 2. The van der Waals surface area contributed by atoms with E-state index in [4.69, 9.17) is 16.9 Å². The molecule has 64 heavy (non-hydrogen) atoms. The Bertz CT molecular complexity index is 1240. The Labute approximate surface area is 381 Å². The van der Waals surface area contributed by atoms with Crippen molar-refractivity contribution in [3.63, 3.8) is 0 Å². The molecule has 0 rings (SSSR count). The second-order valence-electron chi connectivity index (χ2n) is 16.7. The standard InChI is InChI=1S/C43H89N11O10/c1-4-6-8-9-10-11-12-13-14-15-16-17-18-23-36(58)49-27-37(59)50-33(28-55)41(63)53-32(24-25-35(44)57)40(62)52-31(22-19-20-26-48-43(45)46)39(61)54-34(29-56)42(64)51-30(21-7-5-2)38(60)47-3/h30-34,38-40,42,47,51-52,54-56,60-62,64H,4-29H2,1-3H3,(H2,44,57)(H,49,58)(H,50,59)(H,53,63)(H4,45,46,48)/t30-,31-,32-,33-,34-,38-,39-,40-,42-/m0/s1. The number of carbonyl (C=O) groups excluding carboxylic acids is 4. The number of carbonyl (C=O) groups is 4. The number of primary amides is 1. The van der Waals surface area contributed by atoms with Crippen LogP contribution in [0.3, 0.4) is 0 Å². The highest BCUT2D eigenvalue weighted by Crippen LogP contribution is 2.14. The van der Waals surface area contributed by atoms with Crippen LogP contribution in [0.4, 0.5) is 0 Å². The first kappa shape index (κ1) is 60.8. The van der Waals surface area contributed by atoms with Crippen molar-refractivity contribution in [2.75, 3.05) is 33.4 Å². The Morgan fingerprint density at radius 2 is 1.03 bits per heavy atom. The molecule has 0 saturated carbocycles. The van der Waals surface area contributed by atoms with Gasteiger partial charge in [0, 0.05) is 31.5 Å². The average molecular weight is 920 g/mol. The van der Waals surface area contributed by atoms with Crippen LogP contribution in [0.15, 0.2) is 0 Å². The number of hydrogen-bond donors (Lipinski definition) is 17. The Morgan fingerprint density at radius 3 is 1.55 bits per heavy atom. The molecule has 0 spiro atoms.